The molecule has 0 amide bonds. The van der Waals surface area contributed by atoms with Crippen molar-refractivity contribution in [1.82, 2.24) is 5.32 Å². The second kappa shape index (κ2) is 7.21. The number of hydrogen-bond donors (Lipinski definition) is 2. The van der Waals surface area contributed by atoms with Crippen LogP contribution in [-0.4, -0.2) is 18.4 Å². The number of aliphatic hydroxyl groups is 1. The molecule has 8 heavy (non-hydrogen) atoms. The minimum atomic E-state index is -0.301. The van der Waals surface area contributed by atoms with Gasteiger partial charge in [-0.25, -0.2) is 0 Å². The Hall–Kier alpha value is 0.210. The minimum absolute atomic E-state index is 0. The molecule has 0 bridgehead atoms. The van der Waals surface area contributed by atoms with E-state index in [1.165, 1.54) is 0 Å². The summed E-state index contributed by atoms with van der Waals surface area (Å²) in [6.07, 6.45) is 1.57. The highest BCUT2D eigenvalue weighted by Crippen LogP contribution is 1.88. The molecule has 0 saturated carbocycles. The van der Waals surface area contributed by atoms with E-state index in [-0.39, 0.29) is 18.6 Å². The number of nitrogens with one attached hydrogen (secondary N) is 1. The van der Waals surface area contributed by atoms with Gasteiger partial charge in [0.15, 0.2) is 0 Å². The molecule has 2 N–H and O–H groups in total. The van der Waals surface area contributed by atoms with Gasteiger partial charge < -0.3 is 5.11 Å². The summed E-state index contributed by atoms with van der Waals surface area (Å²) in [5.41, 5.74) is 0. The maximum absolute atomic E-state index is 8.75. The molecule has 52 valence electrons. The summed E-state index contributed by atoms with van der Waals surface area (Å²) in [4.78, 5) is 0. The first-order chi connectivity index (χ1) is 3.31. The molecule has 0 aromatic carbocycles. The van der Waals surface area contributed by atoms with Crippen molar-refractivity contribution < 1.29 is 5.11 Å². The SMILES string of the molecule is CCCC(O)NC.Cl. The summed E-state index contributed by atoms with van der Waals surface area (Å²) in [6.45, 7) is 2.04. The van der Waals surface area contributed by atoms with E-state index in [1.807, 2.05) is 6.92 Å². The van der Waals surface area contributed by atoms with Crippen LogP contribution in [-0.2, 0) is 0 Å². The van der Waals surface area contributed by atoms with Gasteiger partial charge in [-0.15, -0.1) is 12.4 Å². The van der Waals surface area contributed by atoms with Gasteiger partial charge in [0.05, 0.1) is 0 Å². The molecule has 0 saturated heterocycles. The maximum atomic E-state index is 8.75. The molecule has 3 heteroatoms. The van der Waals surface area contributed by atoms with E-state index < -0.39 is 0 Å². The summed E-state index contributed by atoms with van der Waals surface area (Å²) in [7, 11) is 1.75. The lowest BCUT2D eigenvalue weighted by Gasteiger charge is -2.04. The Morgan fingerprint density at radius 1 is 1.62 bits per heavy atom. The van der Waals surface area contributed by atoms with E-state index in [9.17, 15) is 0 Å². The Bertz CT molecular complexity index is 43.4. The summed E-state index contributed by atoms with van der Waals surface area (Å²) in [5.74, 6) is 0. The molecule has 0 rings (SSSR count). The van der Waals surface area contributed by atoms with Crippen molar-refractivity contribution in [1.29, 1.82) is 0 Å². The van der Waals surface area contributed by atoms with E-state index in [4.69, 9.17) is 5.11 Å². The number of halogens is 1. The van der Waals surface area contributed by atoms with Gasteiger partial charge in [-0.2, -0.15) is 0 Å². The second-order valence-electron chi connectivity index (χ2n) is 1.59. The van der Waals surface area contributed by atoms with E-state index in [0.717, 1.165) is 12.8 Å². The molecule has 1 unspecified atom stereocenters. The van der Waals surface area contributed by atoms with E-state index in [2.05, 4.69) is 5.32 Å². The van der Waals surface area contributed by atoms with Gasteiger partial charge in [-0.3, -0.25) is 5.32 Å². The standard InChI is InChI=1S/C5H13NO.ClH/c1-3-4-5(7)6-2;/h5-7H,3-4H2,1-2H3;1H. The lowest BCUT2D eigenvalue weighted by atomic mass is 10.3. The smallest absolute Gasteiger partial charge is 0.104 e. The van der Waals surface area contributed by atoms with Crippen molar-refractivity contribution in [3.63, 3.8) is 0 Å². The Morgan fingerprint density at radius 2 is 2.12 bits per heavy atom. The zero-order chi connectivity index (χ0) is 5.70. The molecular formula is C5H14ClNO. The van der Waals surface area contributed by atoms with Crippen LogP contribution >= 0.6 is 12.4 Å². The molecule has 0 heterocycles. The molecule has 0 aliphatic carbocycles. The van der Waals surface area contributed by atoms with Crippen LogP contribution in [0.15, 0.2) is 0 Å². The van der Waals surface area contributed by atoms with Gasteiger partial charge in [0.2, 0.25) is 0 Å². The third kappa shape index (κ3) is 6.21. The first-order valence-electron chi connectivity index (χ1n) is 2.66. The Balaban J connectivity index is 0. The fraction of sp³-hybridized carbons (Fsp3) is 1.00. The summed E-state index contributed by atoms with van der Waals surface area (Å²) >= 11 is 0. The number of hydrogen-bond acceptors (Lipinski definition) is 2. The first-order valence-corrected chi connectivity index (χ1v) is 2.66. The van der Waals surface area contributed by atoms with Crippen molar-refractivity contribution >= 4 is 12.4 Å². The van der Waals surface area contributed by atoms with Crippen LogP contribution in [0.3, 0.4) is 0 Å². The molecule has 0 aliphatic heterocycles. The number of rotatable bonds is 3. The Labute approximate surface area is 56.7 Å². The van der Waals surface area contributed by atoms with Gasteiger partial charge in [0.25, 0.3) is 0 Å². The number of aliphatic hydroxyl groups excluding tert-OH is 1. The topological polar surface area (TPSA) is 32.3 Å². The van der Waals surface area contributed by atoms with Gasteiger partial charge in [0.1, 0.15) is 6.23 Å². The van der Waals surface area contributed by atoms with Crippen molar-refractivity contribution in [3.8, 4) is 0 Å². The molecule has 0 spiro atoms. The lowest BCUT2D eigenvalue weighted by molar-refractivity contribution is 0.136. The summed E-state index contributed by atoms with van der Waals surface area (Å²) < 4.78 is 0. The summed E-state index contributed by atoms with van der Waals surface area (Å²) in [6, 6.07) is 0. The molecule has 2 nitrogen and oxygen atoms in total. The maximum Gasteiger partial charge on any atom is 0.104 e. The Kier molecular flexibility index (Phi) is 9.97. The highest BCUT2D eigenvalue weighted by Gasteiger charge is 1.93. The van der Waals surface area contributed by atoms with Crippen LogP contribution < -0.4 is 5.32 Å². The van der Waals surface area contributed by atoms with Crippen LogP contribution in [0.1, 0.15) is 19.8 Å². The average Bonchev–Trinajstić information content (AvgIpc) is 1.68. The van der Waals surface area contributed by atoms with E-state index >= 15 is 0 Å². The van der Waals surface area contributed by atoms with Crippen molar-refractivity contribution in [2.45, 2.75) is 26.0 Å². The zero-order valence-corrected chi connectivity index (χ0v) is 6.16. The van der Waals surface area contributed by atoms with Crippen LogP contribution in [0.2, 0.25) is 0 Å². The van der Waals surface area contributed by atoms with Crippen LogP contribution in [0.4, 0.5) is 0 Å². The average molecular weight is 140 g/mol. The normalized spacial score (nSPS) is 12.4. The predicted molar refractivity (Wildman–Crippen MR) is 37.2 cm³/mol. The van der Waals surface area contributed by atoms with Crippen molar-refractivity contribution in [2.24, 2.45) is 0 Å². The van der Waals surface area contributed by atoms with Crippen LogP contribution in [0.5, 0.6) is 0 Å². The fourth-order valence-corrected chi connectivity index (χ4v) is 0.418. The highest BCUT2D eigenvalue weighted by atomic mass is 35.5. The van der Waals surface area contributed by atoms with E-state index in [1.54, 1.807) is 7.05 Å². The second-order valence-corrected chi connectivity index (χ2v) is 1.59. The molecule has 0 radical (unpaired) electrons. The monoisotopic (exact) mass is 139 g/mol. The third-order valence-corrected chi connectivity index (χ3v) is 0.895. The van der Waals surface area contributed by atoms with Crippen LogP contribution in [0, 0.1) is 0 Å². The summed E-state index contributed by atoms with van der Waals surface area (Å²) in [5, 5.41) is 11.5. The third-order valence-electron chi connectivity index (χ3n) is 0.895. The van der Waals surface area contributed by atoms with Gasteiger partial charge in [-0.1, -0.05) is 13.3 Å². The lowest BCUT2D eigenvalue weighted by Crippen LogP contribution is -2.23. The van der Waals surface area contributed by atoms with Crippen molar-refractivity contribution in [2.75, 3.05) is 7.05 Å². The molecule has 0 fully saturated rings. The molecule has 0 aliphatic rings. The Morgan fingerprint density at radius 3 is 2.25 bits per heavy atom. The van der Waals surface area contributed by atoms with Gasteiger partial charge >= 0.3 is 0 Å². The van der Waals surface area contributed by atoms with E-state index in [0.29, 0.717) is 0 Å². The first kappa shape index (κ1) is 11.1. The minimum Gasteiger partial charge on any atom is -0.379 e. The van der Waals surface area contributed by atoms with Crippen LogP contribution in [0.25, 0.3) is 0 Å². The van der Waals surface area contributed by atoms with Gasteiger partial charge in [0, 0.05) is 0 Å². The quantitative estimate of drug-likeness (QED) is 0.566. The zero-order valence-electron chi connectivity index (χ0n) is 5.35. The highest BCUT2D eigenvalue weighted by molar-refractivity contribution is 5.85. The largest absolute Gasteiger partial charge is 0.379 e. The molecule has 0 aromatic rings. The molecular weight excluding hydrogens is 126 g/mol. The molecule has 1 atom stereocenters. The van der Waals surface area contributed by atoms with Crippen molar-refractivity contribution in [3.05, 3.63) is 0 Å². The van der Waals surface area contributed by atoms with Gasteiger partial charge in [-0.05, 0) is 13.5 Å². The fourth-order valence-electron chi connectivity index (χ4n) is 0.418. The predicted octanol–water partition coefficient (Wildman–Crippen LogP) is 0.746. The molecule has 0 aromatic heterocycles.